The predicted molar refractivity (Wildman–Crippen MR) is 67.7 cm³/mol. The van der Waals surface area contributed by atoms with Crippen LogP contribution in [0.15, 0.2) is 18.5 Å². The van der Waals surface area contributed by atoms with E-state index in [1.165, 1.54) is 0 Å². The largest absolute Gasteiger partial charge is 0.481 e. The lowest BCUT2D eigenvalue weighted by Gasteiger charge is -2.31. The van der Waals surface area contributed by atoms with Crippen LogP contribution < -0.4 is 4.90 Å². The molecule has 0 amide bonds. The molecule has 0 radical (unpaired) electrons. The van der Waals surface area contributed by atoms with E-state index in [1.807, 2.05) is 11.8 Å². The first-order chi connectivity index (χ1) is 9.19. The zero-order chi connectivity index (χ0) is 13.8. The lowest BCUT2D eigenvalue weighted by Crippen LogP contribution is -2.43. The van der Waals surface area contributed by atoms with Crippen molar-refractivity contribution in [3.8, 4) is 6.07 Å². The summed E-state index contributed by atoms with van der Waals surface area (Å²) >= 11 is 0. The van der Waals surface area contributed by atoms with Crippen molar-refractivity contribution < 1.29 is 14.6 Å². The Labute approximate surface area is 111 Å². The zero-order valence-corrected chi connectivity index (χ0v) is 10.6. The van der Waals surface area contributed by atoms with Crippen molar-refractivity contribution in [3.63, 3.8) is 0 Å². The number of nitrogens with zero attached hydrogens (tertiary/aromatic N) is 3. The smallest absolute Gasteiger partial charge is 0.311 e. The summed E-state index contributed by atoms with van der Waals surface area (Å²) in [5, 5.41) is 18.3. The van der Waals surface area contributed by atoms with Gasteiger partial charge < -0.3 is 14.7 Å². The van der Waals surface area contributed by atoms with Crippen molar-refractivity contribution >= 4 is 11.7 Å². The van der Waals surface area contributed by atoms with Gasteiger partial charge in [-0.25, -0.2) is 0 Å². The Morgan fingerprint density at radius 2 is 2.47 bits per heavy atom. The number of carbonyl (C=O) groups is 1. The first-order valence-electron chi connectivity index (χ1n) is 6.10. The van der Waals surface area contributed by atoms with Crippen LogP contribution in [-0.2, 0) is 9.53 Å². The van der Waals surface area contributed by atoms with Crippen LogP contribution in [0.1, 0.15) is 12.5 Å². The van der Waals surface area contributed by atoms with Crippen LogP contribution in [0.5, 0.6) is 0 Å². The number of nitriles is 1. The van der Waals surface area contributed by atoms with E-state index in [0.29, 0.717) is 24.4 Å². The van der Waals surface area contributed by atoms with E-state index in [2.05, 4.69) is 11.1 Å². The van der Waals surface area contributed by atoms with E-state index < -0.39 is 11.9 Å². The molecule has 2 unspecified atom stereocenters. The minimum Gasteiger partial charge on any atom is -0.481 e. The summed E-state index contributed by atoms with van der Waals surface area (Å²) in [6, 6.07) is 3.47. The van der Waals surface area contributed by atoms with Gasteiger partial charge in [0.25, 0.3) is 0 Å². The standard InChI is InChI=1S/C13H15N3O3/c1-2-16(11-6-15-4-3-9(11)5-14)12-8-19-7-10(12)13(17)18/h3-4,6,10,12H,2,7-8H2,1H3,(H,17,18). The third-order valence-corrected chi connectivity index (χ3v) is 3.34. The first kappa shape index (κ1) is 13.3. The van der Waals surface area contributed by atoms with Crippen molar-refractivity contribution in [2.75, 3.05) is 24.7 Å². The van der Waals surface area contributed by atoms with E-state index in [-0.39, 0.29) is 12.6 Å². The summed E-state index contributed by atoms with van der Waals surface area (Å²) in [7, 11) is 0. The summed E-state index contributed by atoms with van der Waals surface area (Å²) in [4.78, 5) is 17.1. The topological polar surface area (TPSA) is 86.5 Å². The number of anilines is 1. The molecule has 2 atom stereocenters. The molecule has 6 nitrogen and oxygen atoms in total. The Hall–Kier alpha value is -2.13. The number of pyridine rings is 1. The number of aliphatic carboxylic acids is 1. The number of carboxylic acid groups (broad SMARTS) is 1. The monoisotopic (exact) mass is 261 g/mol. The molecule has 1 aromatic rings. The molecule has 0 aliphatic carbocycles. The number of rotatable bonds is 4. The molecule has 0 bridgehead atoms. The molecule has 2 heterocycles. The van der Waals surface area contributed by atoms with Crippen molar-refractivity contribution in [1.29, 1.82) is 5.26 Å². The molecule has 1 saturated heterocycles. The van der Waals surface area contributed by atoms with Crippen molar-refractivity contribution in [2.45, 2.75) is 13.0 Å². The summed E-state index contributed by atoms with van der Waals surface area (Å²) < 4.78 is 5.28. The maximum absolute atomic E-state index is 11.2. The molecule has 1 aromatic heterocycles. The fourth-order valence-corrected chi connectivity index (χ4v) is 2.38. The van der Waals surface area contributed by atoms with Gasteiger partial charge in [0.2, 0.25) is 0 Å². The second-order valence-corrected chi connectivity index (χ2v) is 4.34. The molecule has 0 spiro atoms. The minimum atomic E-state index is -0.872. The van der Waals surface area contributed by atoms with Gasteiger partial charge in [-0.2, -0.15) is 5.26 Å². The fraction of sp³-hybridized carbons (Fsp3) is 0.462. The summed E-state index contributed by atoms with van der Waals surface area (Å²) in [6.45, 7) is 3.08. The van der Waals surface area contributed by atoms with E-state index in [9.17, 15) is 9.90 Å². The quantitative estimate of drug-likeness (QED) is 0.865. The molecule has 1 aliphatic rings. The van der Waals surface area contributed by atoms with E-state index in [0.717, 1.165) is 0 Å². The lowest BCUT2D eigenvalue weighted by molar-refractivity contribution is -0.141. The predicted octanol–water partition coefficient (Wildman–Crippen LogP) is 0.879. The molecule has 1 aliphatic heterocycles. The molecular formula is C13H15N3O3. The first-order valence-corrected chi connectivity index (χ1v) is 6.10. The highest BCUT2D eigenvalue weighted by Crippen LogP contribution is 2.27. The van der Waals surface area contributed by atoms with Gasteiger partial charge in [0.05, 0.1) is 36.7 Å². The van der Waals surface area contributed by atoms with Gasteiger partial charge in [-0.05, 0) is 13.0 Å². The molecule has 19 heavy (non-hydrogen) atoms. The normalized spacial score (nSPS) is 21.9. The molecule has 100 valence electrons. The van der Waals surface area contributed by atoms with Crippen LogP contribution in [0.25, 0.3) is 0 Å². The Kier molecular flexibility index (Phi) is 3.97. The molecule has 1 N–H and O–H groups in total. The van der Waals surface area contributed by atoms with E-state index >= 15 is 0 Å². The number of likely N-dealkylation sites (N-methyl/N-ethyl adjacent to an activating group) is 1. The molecule has 6 heteroatoms. The lowest BCUT2D eigenvalue weighted by atomic mass is 10.0. The summed E-state index contributed by atoms with van der Waals surface area (Å²) in [5.41, 5.74) is 1.15. The Morgan fingerprint density at radius 3 is 3.11 bits per heavy atom. The highest BCUT2D eigenvalue weighted by molar-refractivity contribution is 5.73. The van der Waals surface area contributed by atoms with E-state index in [1.54, 1.807) is 18.5 Å². The van der Waals surface area contributed by atoms with E-state index in [4.69, 9.17) is 10.00 Å². The maximum atomic E-state index is 11.2. The van der Waals surface area contributed by atoms with Gasteiger partial charge in [-0.15, -0.1) is 0 Å². The highest BCUT2D eigenvalue weighted by atomic mass is 16.5. The maximum Gasteiger partial charge on any atom is 0.311 e. The third-order valence-electron chi connectivity index (χ3n) is 3.34. The SMILES string of the molecule is CCN(c1cnccc1C#N)C1COCC1C(=O)O. The molecule has 1 fully saturated rings. The number of aromatic nitrogens is 1. The summed E-state index contributed by atoms with van der Waals surface area (Å²) in [6.07, 6.45) is 3.15. The van der Waals surface area contributed by atoms with Gasteiger partial charge >= 0.3 is 5.97 Å². The Bertz CT molecular complexity index is 512. The van der Waals surface area contributed by atoms with Crippen LogP contribution in [-0.4, -0.2) is 41.9 Å². The third kappa shape index (κ3) is 2.51. The Morgan fingerprint density at radius 1 is 1.68 bits per heavy atom. The van der Waals surface area contributed by atoms with Gasteiger partial charge in [-0.1, -0.05) is 0 Å². The zero-order valence-electron chi connectivity index (χ0n) is 10.6. The summed E-state index contributed by atoms with van der Waals surface area (Å²) in [5.74, 6) is -1.45. The second kappa shape index (κ2) is 5.67. The number of carboxylic acids is 1. The van der Waals surface area contributed by atoms with Gasteiger partial charge in [0, 0.05) is 12.7 Å². The van der Waals surface area contributed by atoms with Crippen LogP contribution >= 0.6 is 0 Å². The Balaban J connectivity index is 2.34. The average molecular weight is 261 g/mol. The number of hydrogen-bond acceptors (Lipinski definition) is 5. The van der Waals surface area contributed by atoms with Gasteiger partial charge in [0.15, 0.2) is 0 Å². The van der Waals surface area contributed by atoms with Gasteiger partial charge in [-0.3, -0.25) is 9.78 Å². The highest BCUT2D eigenvalue weighted by Gasteiger charge is 2.38. The van der Waals surface area contributed by atoms with Crippen LogP contribution in [0.2, 0.25) is 0 Å². The second-order valence-electron chi connectivity index (χ2n) is 4.34. The van der Waals surface area contributed by atoms with Crippen molar-refractivity contribution in [2.24, 2.45) is 5.92 Å². The molecule has 0 aromatic carbocycles. The van der Waals surface area contributed by atoms with Crippen LogP contribution in [0.4, 0.5) is 5.69 Å². The van der Waals surface area contributed by atoms with Crippen molar-refractivity contribution in [1.82, 2.24) is 4.98 Å². The number of ether oxygens (including phenoxy) is 1. The van der Waals surface area contributed by atoms with Crippen molar-refractivity contribution in [3.05, 3.63) is 24.0 Å². The van der Waals surface area contributed by atoms with Gasteiger partial charge in [0.1, 0.15) is 12.0 Å². The molecule has 0 saturated carbocycles. The molecular weight excluding hydrogens is 246 g/mol. The van der Waals surface area contributed by atoms with Crippen LogP contribution in [0, 0.1) is 17.2 Å². The van der Waals surface area contributed by atoms with Crippen LogP contribution in [0.3, 0.4) is 0 Å². The molecule has 2 rings (SSSR count). The minimum absolute atomic E-state index is 0.207. The fourth-order valence-electron chi connectivity index (χ4n) is 2.38. The average Bonchev–Trinajstić information content (AvgIpc) is 2.89. The number of hydrogen-bond donors (Lipinski definition) is 1.